The Morgan fingerprint density at radius 2 is 2.31 bits per heavy atom. The third-order valence-electron chi connectivity index (χ3n) is 1.74. The van der Waals surface area contributed by atoms with Gasteiger partial charge in [0.2, 0.25) is 0 Å². The van der Waals surface area contributed by atoms with Crippen molar-refractivity contribution < 1.29 is 0 Å². The van der Waals surface area contributed by atoms with Crippen molar-refractivity contribution in [2.24, 2.45) is 0 Å². The van der Waals surface area contributed by atoms with Gasteiger partial charge in [-0.2, -0.15) is 8.75 Å². The molecular formula is C9H7BrN2S. The van der Waals surface area contributed by atoms with Crippen LogP contribution in [-0.2, 0) is 5.33 Å². The molecule has 2 aromatic rings. The first kappa shape index (κ1) is 8.84. The zero-order chi connectivity index (χ0) is 9.10. The van der Waals surface area contributed by atoms with Gasteiger partial charge in [0.05, 0.1) is 17.9 Å². The van der Waals surface area contributed by atoms with Crippen molar-refractivity contribution in [1.29, 1.82) is 0 Å². The number of aromatic nitrogens is 2. The van der Waals surface area contributed by atoms with Crippen molar-refractivity contribution >= 4 is 27.7 Å². The van der Waals surface area contributed by atoms with Gasteiger partial charge >= 0.3 is 0 Å². The van der Waals surface area contributed by atoms with Gasteiger partial charge in [0.1, 0.15) is 5.69 Å². The van der Waals surface area contributed by atoms with Crippen molar-refractivity contribution in [3.8, 4) is 11.3 Å². The molecule has 1 aromatic heterocycles. The lowest BCUT2D eigenvalue weighted by Gasteiger charge is -1.98. The first-order valence-corrected chi connectivity index (χ1v) is 5.68. The second-order valence-electron chi connectivity index (χ2n) is 2.63. The number of halogens is 1. The average Bonchev–Trinajstić information content (AvgIpc) is 2.71. The van der Waals surface area contributed by atoms with Gasteiger partial charge in [-0.3, -0.25) is 0 Å². The second kappa shape index (κ2) is 3.98. The number of hydrogen-bond acceptors (Lipinski definition) is 3. The zero-order valence-corrected chi connectivity index (χ0v) is 9.18. The first-order chi connectivity index (χ1) is 6.40. The fourth-order valence-corrected chi connectivity index (χ4v) is 1.89. The molecule has 1 aromatic carbocycles. The molecule has 0 spiro atoms. The quantitative estimate of drug-likeness (QED) is 0.770. The van der Waals surface area contributed by atoms with Crippen LogP contribution in [0, 0.1) is 0 Å². The van der Waals surface area contributed by atoms with E-state index >= 15 is 0 Å². The van der Waals surface area contributed by atoms with Crippen molar-refractivity contribution in [3.63, 3.8) is 0 Å². The third kappa shape index (κ3) is 1.95. The largest absolute Gasteiger partial charge is 0.181 e. The van der Waals surface area contributed by atoms with E-state index in [1.165, 1.54) is 17.3 Å². The molecule has 0 aliphatic carbocycles. The van der Waals surface area contributed by atoms with Crippen molar-refractivity contribution in [2.75, 3.05) is 0 Å². The van der Waals surface area contributed by atoms with Gasteiger partial charge in [-0.1, -0.05) is 34.1 Å². The van der Waals surface area contributed by atoms with Crippen molar-refractivity contribution in [3.05, 3.63) is 36.0 Å². The minimum Gasteiger partial charge on any atom is -0.181 e. The summed E-state index contributed by atoms with van der Waals surface area (Å²) in [5, 5.41) is 0.873. The molecule has 0 saturated heterocycles. The average molecular weight is 255 g/mol. The Balaban J connectivity index is 2.41. The predicted molar refractivity (Wildman–Crippen MR) is 58.0 cm³/mol. The Morgan fingerprint density at radius 3 is 3.00 bits per heavy atom. The molecule has 0 saturated carbocycles. The summed E-state index contributed by atoms with van der Waals surface area (Å²) >= 11 is 4.66. The maximum Gasteiger partial charge on any atom is 0.104 e. The van der Waals surface area contributed by atoms with E-state index in [2.05, 4.69) is 36.8 Å². The Bertz CT molecular complexity index is 386. The summed E-state index contributed by atoms with van der Waals surface area (Å²) in [5.74, 6) is 0. The summed E-state index contributed by atoms with van der Waals surface area (Å²) in [6.45, 7) is 0. The van der Waals surface area contributed by atoms with Crippen molar-refractivity contribution in [2.45, 2.75) is 5.33 Å². The normalized spacial score (nSPS) is 10.2. The predicted octanol–water partition coefficient (Wildman–Crippen LogP) is 3.10. The number of rotatable bonds is 2. The van der Waals surface area contributed by atoms with Crippen LogP contribution in [0.5, 0.6) is 0 Å². The molecule has 0 bridgehead atoms. The van der Waals surface area contributed by atoms with E-state index in [9.17, 15) is 0 Å². The van der Waals surface area contributed by atoms with Gasteiger partial charge in [-0.15, -0.1) is 0 Å². The molecule has 66 valence electrons. The molecule has 0 N–H and O–H groups in total. The molecule has 2 nitrogen and oxygen atoms in total. The maximum atomic E-state index is 4.18. The summed E-state index contributed by atoms with van der Waals surface area (Å²) < 4.78 is 8.15. The minimum atomic E-state index is 0.873. The lowest BCUT2D eigenvalue weighted by Crippen LogP contribution is -1.80. The number of hydrogen-bond donors (Lipinski definition) is 0. The molecule has 0 unspecified atom stereocenters. The SMILES string of the molecule is BrCc1cccc(-c2cnsn2)c1. The highest BCUT2D eigenvalue weighted by Gasteiger charge is 2.00. The van der Waals surface area contributed by atoms with Gasteiger partial charge in [0, 0.05) is 10.9 Å². The van der Waals surface area contributed by atoms with Crippen LogP contribution < -0.4 is 0 Å². The monoisotopic (exact) mass is 254 g/mol. The zero-order valence-electron chi connectivity index (χ0n) is 6.77. The molecule has 1 heterocycles. The van der Waals surface area contributed by atoms with E-state index in [4.69, 9.17) is 0 Å². The summed E-state index contributed by atoms with van der Waals surface area (Å²) in [6, 6.07) is 8.28. The molecular weight excluding hydrogens is 248 g/mol. The van der Waals surface area contributed by atoms with Gasteiger partial charge in [-0.05, 0) is 11.6 Å². The minimum absolute atomic E-state index is 0.873. The van der Waals surface area contributed by atoms with Crippen LogP contribution in [0.1, 0.15) is 5.56 Å². The van der Waals surface area contributed by atoms with Crippen LogP contribution in [0.2, 0.25) is 0 Å². The van der Waals surface area contributed by atoms with Crippen LogP contribution in [0.4, 0.5) is 0 Å². The molecule has 0 radical (unpaired) electrons. The standard InChI is InChI=1S/C9H7BrN2S/c10-5-7-2-1-3-8(4-7)9-6-11-13-12-9/h1-4,6H,5H2. The van der Waals surface area contributed by atoms with E-state index in [1.54, 1.807) is 6.20 Å². The van der Waals surface area contributed by atoms with E-state index in [-0.39, 0.29) is 0 Å². The van der Waals surface area contributed by atoms with E-state index in [0.717, 1.165) is 16.6 Å². The van der Waals surface area contributed by atoms with Crippen LogP contribution in [0.15, 0.2) is 30.5 Å². The van der Waals surface area contributed by atoms with Gasteiger partial charge < -0.3 is 0 Å². The molecule has 4 heteroatoms. The Morgan fingerprint density at radius 1 is 1.38 bits per heavy atom. The number of nitrogens with zero attached hydrogens (tertiary/aromatic N) is 2. The summed E-state index contributed by atoms with van der Waals surface area (Å²) in [7, 11) is 0. The van der Waals surface area contributed by atoms with Crippen LogP contribution >= 0.6 is 27.7 Å². The fourth-order valence-electron chi connectivity index (χ4n) is 1.11. The number of alkyl halides is 1. The highest BCUT2D eigenvalue weighted by Crippen LogP contribution is 2.19. The topological polar surface area (TPSA) is 25.8 Å². The maximum absolute atomic E-state index is 4.18. The molecule has 0 amide bonds. The van der Waals surface area contributed by atoms with Crippen LogP contribution in [-0.4, -0.2) is 8.75 Å². The third-order valence-corrected chi connectivity index (χ3v) is 2.86. The second-order valence-corrected chi connectivity index (χ2v) is 3.74. The summed E-state index contributed by atoms with van der Waals surface area (Å²) in [6.07, 6.45) is 1.79. The van der Waals surface area contributed by atoms with Crippen LogP contribution in [0.25, 0.3) is 11.3 Å². The van der Waals surface area contributed by atoms with E-state index in [0.29, 0.717) is 0 Å². The van der Waals surface area contributed by atoms with Crippen LogP contribution in [0.3, 0.4) is 0 Å². The lowest BCUT2D eigenvalue weighted by molar-refractivity contribution is 1.41. The molecule has 0 atom stereocenters. The fraction of sp³-hybridized carbons (Fsp3) is 0.111. The molecule has 13 heavy (non-hydrogen) atoms. The smallest absolute Gasteiger partial charge is 0.104 e. The first-order valence-electron chi connectivity index (χ1n) is 3.83. The summed E-state index contributed by atoms with van der Waals surface area (Å²) in [4.78, 5) is 0. The summed E-state index contributed by atoms with van der Waals surface area (Å²) in [5.41, 5.74) is 3.34. The molecule has 0 aliphatic rings. The highest BCUT2D eigenvalue weighted by molar-refractivity contribution is 9.08. The molecule has 2 rings (SSSR count). The molecule has 0 fully saturated rings. The van der Waals surface area contributed by atoms with E-state index < -0.39 is 0 Å². The number of benzene rings is 1. The lowest BCUT2D eigenvalue weighted by atomic mass is 10.1. The van der Waals surface area contributed by atoms with E-state index in [1.807, 2.05) is 12.1 Å². The Hall–Kier alpha value is -0.740. The highest BCUT2D eigenvalue weighted by atomic mass is 79.9. The molecule has 0 aliphatic heterocycles. The Labute approximate surface area is 89.1 Å². The van der Waals surface area contributed by atoms with Gasteiger partial charge in [0.25, 0.3) is 0 Å². The van der Waals surface area contributed by atoms with Gasteiger partial charge in [-0.25, -0.2) is 0 Å². The Kier molecular flexibility index (Phi) is 2.71. The van der Waals surface area contributed by atoms with Crippen molar-refractivity contribution in [1.82, 2.24) is 8.75 Å². The van der Waals surface area contributed by atoms with Gasteiger partial charge in [0.15, 0.2) is 0 Å².